The predicted octanol–water partition coefficient (Wildman–Crippen LogP) is 4.49. The van der Waals surface area contributed by atoms with E-state index in [1.54, 1.807) is 7.11 Å². The number of nitriles is 1. The number of aromatic amines is 1. The number of H-pyrrole nitrogens is 1. The first-order valence-corrected chi connectivity index (χ1v) is 14.2. The second-order valence-electron chi connectivity index (χ2n) is 10.9. The summed E-state index contributed by atoms with van der Waals surface area (Å²) < 4.78 is 11.1. The Morgan fingerprint density at radius 2 is 2.00 bits per heavy atom. The van der Waals surface area contributed by atoms with Crippen molar-refractivity contribution in [1.29, 1.82) is 5.26 Å². The molecule has 0 bridgehead atoms. The number of fused-ring (bicyclic) bond motifs is 2. The average Bonchev–Trinajstić information content (AvgIpc) is 3.79. The Morgan fingerprint density at radius 1 is 1.12 bits per heavy atom. The number of amides is 2. The van der Waals surface area contributed by atoms with Gasteiger partial charge in [-0.25, -0.2) is 9.78 Å². The molecule has 2 atom stereocenters. The highest BCUT2D eigenvalue weighted by atomic mass is 16.5. The van der Waals surface area contributed by atoms with Gasteiger partial charge in [0.15, 0.2) is 0 Å². The minimum Gasteiger partial charge on any atom is -0.494 e. The normalized spacial score (nSPS) is 20.3. The number of hydrogen-bond acceptors (Lipinski definition) is 7. The van der Waals surface area contributed by atoms with E-state index in [0.717, 1.165) is 76.2 Å². The Kier molecular flexibility index (Phi) is 6.51. The second-order valence-corrected chi connectivity index (χ2v) is 10.9. The Hall–Kier alpha value is -4.49. The number of pyridine rings is 2. The fraction of sp³-hybridized carbons (Fsp3) is 0.387. The number of hydrogen-bond donors (Lipinski definition) is 1. The van der Waals surface area contributed by atoms with Crippen LogP contribution in [0.2, 0.25) is 0 Å². The Bertz CT molecular complexity index is 1650. The Labute approximate surface area is 237 Å². The highest BCUT2D eigenvalue weighted by molar-refractivity contribution is 5.93. The van der Waals surface area contributed by atoms with E-state index < -0.39 is 0 Å². The lowest BCUT2D eigenvalue weighted by atomic mass is 9.97. The number of carbonyl (C=O) groups excluding carboxylic acids is 1. The molecule has 2 fully saturated rings. The molecule has 0 spiro atoms. The molecular formula is C31H31N7O3. The molecule has 0 saturated carbocycles. The van der Waals surface area contributed by atoms with Crippen LogP contribution in [0.15, 0.2) is 42.6 Å². The number of likely N-dealkylation sites (tertiary alicyclic amines) is 1. The van der Waals surface area contributed by atoms with Crippen molar-refractivity contribution in [3.63, 3.8) is 0 Å². The monoisotopic (exact) mass is 549 g/mol. The van der Waals surface area contributed by atoms with Crippen molar-refractivity contribution < 1.29 is 14.3 Å². The molecule has 3 aromatic heterocycles. The lowest BCUT2D eigenvalue weighted by Gasteiger charge is -2.31. The number of morpholine rings is 1. The molecule has 1 N–H and O–H groups in total. The summed E-state index contributed by atoms with van der Waals surface area (Å²) in [5, 5.41) is 17.3. The first-order chi connectivity index (χ1) is 20.1. The van der Waals surface area contributed by atoms with Crippen LogP contribution < -0.4 is 4.74 Å². The van der Waals surface area contributed by atoms with E-state index in [2.05, 4.69) is 22.3 Å². The molecule has 41 heavy (non-hydrogen) atoms. The Balaban J connectivity index is 1.16. The van der Waals surface area contributed by atoms with Crippen molar-refractivity contribution in [2.75, 3.05) is 46.5 Å². The van der Waals surface area contributed by atoms with Gasteiger partial charge < -0.3 is 19.3 Å². The molecule has 10 heteroatoms. The summed E-state index contributed by atoms with van der Waals surface area (Å²) in [6.45, 7) is 3.92. The molecule has 3 aliphatic rings. The molecule has 10 nitrogen and oxygen atoms in total. The maximum Gasteiger partial charge on any atom is 0.320 e. The van der Waals surface area contributed by atoms with Gasteiger partial charge in [-0.1, -0.05) is 18.2 Å². The molecule has 5 heterocycles. The standard InChI is InChI=1S/C31H31N7O3/c1-40-27-15-26-30(34-29(27)24-4-2-3-22-19(16-32)5-7-23(22)24)28(36-35-26)20-6-8-25(33-17-20)21-9-10-38(18-21)31(39)37-11-13-41-14-12-37/h2-4,6,8,15,17,19,21H,5,7,9-14,18H2,1H3,(H,35,36). The second kappa shape index (κ2) is 10.5. The van der Waals surface area contributed by atoms with E-state index in [1.165, 1.54) is 0 Å². The topological polar surface area (TPSA) is 120 Å². The number of rotatable bonds is 4. The minimum atomic E-state index is -0.0850. The Morgan fingerprint density at radius 3 is 2.78 bits per heavy atom. The maximum atomic E-state index is 12.9. The van der Waals surface area contributed by atoms with Gasteiger partial charge in [0.25, 0.3) is 0 Å². The van der Waals surface area contributed by atoms with Gasteiger partial charge in [-0.2, -0.15) is 10.4 Å². The van der Waals surface area contributed by atoms with Gasteiger partial charge in [0.05, 0.1) is 37.8 Å². The smallest absolute Gasteiger partial charge is 0.320 e. The third-order valence-electron chi connectivity index (χ3n) is 8.62. The minimum absolute atomic E-state index is 0.0850. The molecule has 2 aliphatic heterocycles. The van der Waals surface area contributed by atoms with Crippen molar-refractivity contribution in [3.05, 3.63) is 59.4 Å². The number of methoxy groups -OCH3 is 1. The number of carbonyl (C=O) groups is 1. The van der Waals surface area contributed by atoms with Crippen LogP contribution in [-0.2, 0) is 11.2 Å². The van der Waals surface area contributed by atoms with Crippen molar-refractivity contribution >= 4 is 17.1 Å². The van der Waals surface area contributed by atoms with Crippen molar-refractivity contribution in [2.45, 2.75) is 31.1 Å². The summed E-state index contributed by atoms with van der Waals surface area (Å²) in [6.07, 6.45) is 4.41. The number of ether oxygens (including phenoxy) is 2. The zero-order valence-corrected chi connectivity index (χ0v) is 23.0. The van der Waals surface area contributed by atoms with E-state index in [9.17, 15) is 10.1 Å². The van der Waals surface area contributed by atoms with Crippen LogP contribution >= 0.6 is 0 Å². The van der Waals surface area contributed by atoms with Gasteiger partial charge in [-0.3, -0.25) is 10.1 Å². The third-order valence-corrected chi connectivity index (χ3v) is 8.62. The van der Waals surface area contributed by atoms with Crippen LogP contribution in [0.5, 0.6) is 5.75 Å². The maximum absolute atomic E-state index is 12.9. The number of urea groups is 1. The largest absolute Gasteiger partial charge is 0.494 e. The van der Waals surface area contributed by atoms with Crippen molar-refractivity contribution in [1.82, 2.24) is 30.0 Å². The SMILES string of the molecule is COc1cc2[nH]nc(-c3ccc(C4CCN(C(=O)N5CCOCC5)C4)nc3)c2nc1-c1cccc2c1CCC2C#N. The molecule has 2 amide bonds. The van der Waals surface area contributed by atoms with Gasteiger partial charge in [0, 0.05) is 61.2 Å². The van der Waals surface area contributed by atoms with E-state index >= 15 is 0 Å². The fourth-order valence-electron chi connectivity index (χ4n) is 6.41. The zero-order valence-electron chi connectivity index (χ0n) is 23.0. The first-order valence-electron chi connectivity index (χ1n) is 14.2. The number of nitrogens with one attached hydrogen (secondary N) is 1. The van der Waals surface area contributed by atoms with Crippen LogP contribution in [-0.4, -0.2) is 82.5 Å². The number of nitrogens with zero attached hydrogens (tertiary/aromatic N) is 6. The molecular weight excluding hydrogens is 518 g/mol. The van der Waals surface area contributed by atoms with Crippen LogP contribution in [0.3, 0.4) is 0 Å². The fourth-order valence-corrected chi connectivity index (χ4v) is 6.41. The summed E-state index contributed by atoms with van der Waals surface area (Å²) in [5.41, 5.74) is 8.08. The molecule has 2 saturated heterocycles. The predicted molar refractivity (Wildman–Crippen MR) is 153 cm³/mol. The van der Waals surface area contributed by atoms with Gasteiger partial charge in [-0.05, 0) is 42.5 Å². The zero-order chi connectivity index (χ0) is 27.9. The lowest BCUT2D eigenvalue weighted by molar-refractivity contribution is 0.0450. The van der Waals surface area contributed by atoms with Crippen molar-refractivity contribution in [2.24, 2.45) is 0 Å². The van der Waals surface area contributed by atoms with E-state index in [1.807, 2.05) is 46.3 Å². The summed E-state index contributed by atoms with van der Waals surface area (Å²) in [7, 11) is 1.65. The number of aromatic nitrogens is 4. The summed E-state index contributed by atoms with van der Waals surface area (Å²) in [4.78, 5) is 26.6. The molecule has 4 aromatic rings. The molecule has 1 aromatic carbocycles. The molecule has 7 rings (SSSR count). The highest BCUT2D eigenvalue weighted by Gasteiger charge is 2.32. The summed E-state index contributed by atoms with van der Waals surface area (Å²) >= 11 is 0. The first kappa shape index (κ1) is 25.5. The van der Waals surface area contributed by atoms with E-state index in [0.29, 0.717) is 38.6 Å². The molecule has 2 unspecified atom stereocenters. The van der Waals surface area contributed by atoms with Crippen molar-refractivity contribution in [3.8, 4) is 34.3 Å². The highest BCUT2D eigenvalue weighted by Crippen LogP contribution is 2.42. The molecule has 208 valence electrons. The number of benzene rings is 1. The van der Waals surface area contributed by atoms with Gasteiger partial charge in [0.2, 0.25) is 0 Å². The van der Waals surface area contributed by atoms with Gasteiger partial charge >= 0.3 is 6.03 Å². The summed E-state index contributed by atoms with van der Waals surface area (Å²) in [6, 6.07) is 14.6. The average molecular weight is 550 g/mol. The third kappa shape index (κ3) is 4.46. The van der Waals surface area contributed by atoms with Crippen LogP contribution in [0.4, 0.5) is 4.79 Å². The molecule has 0 radical (unpaired) electrons. The van der Waals surface area contributed by atoms with Crippen LogP contribution in [0.25, 0.3) is 33.5 Å². The lowest BCUT2D eigenvalue weighted by Crippen LogP contribution is -2.47. The van der Waals surface area contributed by atoms with E-state index in [-0.39, 0.29) is 17.9 Å². The van der Waals surface area contributed by atoms with Crippen LogP contribution in [0.1, 0.15) is 41.5 Å². The van der Waals surface area contributed by atoms with E-state index in [4.69, 9.17) is 19.4 Å². The van der Waals surface area contributed by atoms with Gasteiger partial charge in [-0.15, -0.1) is 0 Å². The quantitative estimate of drug-likeness (QED) is 0.398. The summed E-state index contributed by atoms with van der Waals surface area (Å²) in [5.74, 6) is 0.780. The van der Waals surface area contributed by atoms with Crippen LogP contribution in [0, 0.1) is 11.3 Å². The van der Waals surface area contributed by atoms with Gasteiger partial charge in [0.1, 0.15) is 22.7 Å². The molecule has 1 aliphatic carbocycles.